The molecule has 106 valence electrons. The molecule has 0 amide bonds. The normalized spacial score (nSPS) is 15.6. The molecule has 0 unspecified atom stereocenters. The van der Waals surface area contributed by atoms with Crippen molar-refractivity contribution in [3.63, 3.8) is 0 Å². The molecule has 0 aliphatic carbocycles. The first-order chi connectivity index (χ1) is 8.97. The molecule has 0 saturated carbocycles. The van der Waals surface area contributed by atoms with Crippen LogP contribution in [0, 0.1) is 0 Å². The zero-order chi connectivity index (χ0) is 14.4. The van der Waals surface area contributed by atoms with E-state index in [1.54, 1.807) is 24.1 Å². The number of hydrogen-bond donors (Lipinski definition) is 4. The predicted octanol–water partition coefficient (Wildman–Crippen LogP) is -1.23. The molecule has 6 heteroatoms. The molecule has 1 rings (SSSR count). The molecule has 0 heterocycles. The number of hydrogen-bond acceptors (Lipinski definition) is 6. The molecule has 0 spiro atoms. The van der Waals surface area contributed by atoms with E-state index in [9.17, 15) is 20.1 Å². The van der Waals surface area contributed by atoms with Crippen molar-refractivity contribution in [3.8, 4) is 0 Å². The maximum absolute atomic E-state index is 11.7. The number of carbonyl (C=O) groups excluding carboxylic acids is 1. The Morgan fingerprint density at radius 2 is 1.79 bits per heavy atom. The Labute approximate surface area is 111 Å². The summed E-state index contributed by atoms with van der Waals surface area (Å²) in [6.45, 7) is -0.833. The summed E-state index contributed by atoms with van der Waals surface area (Å²) in [5, 5.41) is 36.9. The van der Waals surface area contributed by atoms with Crippen molar-refractivity contribution in [2.75, 3.05) is 25.1 Å². The van der Waals surface area contributed by atoms with Crippen molar-refractivity contribution >= 4 is 11.5 Å². The maximum atomic E-state index is 11.7. The van der Waals surface area contributed by atoms with E-state index in [1.807, 2.05) is 18.2 Å². The predicted molar refractivity (Wildman–Crippen MR) is 69.8 cm³/mol. The van der Waals surface area contributed by atoms with Crippen molar-refractivity contribution in [2.45, 2.75) is 18.3 Å². The molecule has 0 radical (unpaired) electrons. The lowest BCUT2D eigenvalue weighted by Crippen LogP contribution is -2.46. The Bertz CT molecular complexity index is 397. The van der Waals surface area contributed by atoms with Gasteiger partial charge in [0.2, 0.25) is 0 Å². The fourth-order valence-corrected chi connectivity index (χ4v) is 1.61. The first-order valence-corrected chi connectivity index (χ1v) is 5.91. The molecule has 0 fully saturated rings. The van der Waals surface area contributed by atoms with Gasteiger partial charge >= 0.3 is 0 Å². The summed E-state index contributed by atoms with van der Waals surface area (Å²) in [5.74, 6) is -0.633. The number of aliphatic hydroxyl groups is 4. The van der Waals surface area contributed by atoms with Crippen molar-refractivity contribution in [1.82, 2.24) is 0 Å². The quantitative estimate of drug-likeness (QED) is 0.494. The summed E-state index contributed by atoms with van der Waals surface area (Å²) in [4.78, 5) is 13.4. The van der Waals surface area contributed by atoms with Gasteiger partial charge in [0.15, 0.2) is 5.78 Å². The average molecular weight is 269 g/mol. The number of aliphatic hydroxyl groups excluding tert-OH is 4. The fourth-order valence-electron chi connectivity index (χ4n) is 1.61. The van der Waals surface area contributed by atoms with Gasteiger partial charge in [-0.3, -0.25) is 4.79 Å². The lowest BCUT2D eigenvalue weighted by Gasteiger charge is -2.24. The molecule has 6 nitrogen and oxygen atoms in total. The number of nitrogens with zero attached hydrogens (tertiary/aromatic N) is 1. The number of anilines is 1. The molecule has 1 aromatic carbocycles. The molecule has 4 N–H and O–H groups in total. The molecular weight excluding hydrogens is 250 g/mol. The molecule has 0 saturated heterocycles. The number of carbonyl (C=O) groups is 1. The summed E-state index contributed by atoms with van der Waals surface area (Å²) in [6.07, 6.45) is -4.96. The Kier molecular flexibility index (Phi) is 5.91. The van der Waals surface area contributed by atoms with Gasteiger partial charge in [0.05, 0.1) is 13.2 Å². The highest BCUT2D eigenvalue weighted by Crippen LogP contribution is 2.11. The number of likely N-dealkylation sites (N-methyl/N-ethyl adjacent to an activating group) is 1. The second-order valence-corrected chi connectivity index (χ2v) is 4.34. The number of Topliss-reactive ketones (excluding diaryl/α,β-unsaturated/α-hetero) is 1. The van der Waals surface area contributed by atoms with Gasteiger partial charge in [0, 0.05) is 12.7 Å². The average Bonchev–Trinajstić information content (AvgIpc) is 2.45. The van der Waals surface area contributed by atoms with E-state index in [0.717, 1.165) is 5.69 Å². The highest BCUT2D eigenvalue weighted by molar-refractivity contribution is 5.87. The van der Waals surface area contributed by atoms with Gasteiger partial charge in [-0.1, -0.05) is 18.2 Å². The van der Waals surface area contributed by atoms with Gasteiger partial charge in [0.1, 0.15) is 18.3 Å². The Morgan fingerprint density at radius 3 is 2.32 bits per heavy atom. The first kappa shape index (κ1) is 15.6. The number of benzene rings is 1. The largest absolute Gasteiger partial charge is 0.394 e. The summed E-state index contributed by atoms with van der Waals surface area (Å²) < 4.78 is 0. The lowest BCUT2D eigenvalue weighted by molar-refractivity contribution is -0.138. The van der Waals surface area contributed by atoms with E-state index >= 15 is 0 Å². The van der Waals surface area contributed by atoms with E-state index in [2.05, 4.69) is 0 Å². The molecule has 0 aliphatic heterocycles. The Hall–Kier alpha value is -1.47. The van der Waals surface area contributed by atoms with Crippen molar-refractivity contribution in [2.24, 2.45) is 0 Å². The monoisotopic (exact) mass is 269 g/mol. The topological polar surface area (TPSA) is 101 Å². The minimum absolute atomic E-state index is 0.111. The van der Waals surface area contributed by atoms with E-state index in [4.69, 9.17) is 5.11 Å². The van der Waals surface area contributed by atoms with Crippen molar-refractivity contribution < 1.29 is 25.2 Å². The summed E-state index contributed by atoms with van der Waals surface area (Å²) in [7, 11) is 1.68. The van der Waals surface area contributed by atoms with Crippen molar-refractivity contribution in [1.29, 1.82) is 0 Å². The van der Waals surface area contributed by atoms with Crippen molar-refractivity contribution in [3.05, 3.63) is 30.3 Å². The smallest absolute Gasteiger partial charge is 0.183 e. The molecule has 19 heavy (non-hydrogen) atoms. The zero-order valence-electron chi connectivity index (χ0n) is 10.7. The standard InChI is InChI=1S/C13H19NO5/c1-14(9-5-3-2-4-6-9)7-10(16)12(18)13(19)11(17)8-15/h2-6,11-13,15,17-19H,7-8H2,1H3/t11-,12+,13-/m1/s1. The number of rotatable bonds is 7. The van der Waals surface area contributed by atoms with E-state index < -0.39 is 30.7 Å². The highest BCUT2D eigenvalue weighted by Gasteiger charge is 2.30. The third kappa shape index (κ3) is 4.29. The van der Waals surface area contributed by atoms with Crippen LogP contribution in [0.5, 0.6) is 0 Å². The summed E-state index contributed by atoms with van der Waals surface area (Å²) in [6, 6.07) is 9.08. The molecule has 1 aromatic rings. The number of para-hydroxylation sites is 1. The maximum Gasteiger partial charge on any atom is 0.183 e. The molecule has 0 bridgehead atoms. The lowest BCUT2D eigenvalue weighted by atomic mass is 10.0. The van der Waals surface area contributed by atoms with Crippen LogP contribution < -0.4 is 4.90 Å². The first-order valence-electron chi connectivity index (χ1n) is 5.91. The van der Waals surface area contributed by atoms with Crippen LogP contribution in [-0.2, 0) is 4.79 Å². The second-order valence-electron chi connectivity index (χ2n) is 4.34. The van der Waals surface area contributed by atoms with Crippen LogP contribution in [0.15, 0.2) is 30.3 Å². The Balaban J connectivity index is 2.59. The van der Waals surface area contributed by atoms with Crippen LogP contribution in [0.1, 0.15) is 0 Å². The van der Waals surface area contributed by atoms with Crippen LogP contribution >= 0.6 is 0 Å². The van der Waals surface area contributed by atoms with Gasteiger partial charge in [-0.2, -0.15) is 0 Å². The second kappa shape index (κ2) is 7.20. The van der Waals surface area contributed by atoms with Crippen LogP contribution in [-0.4, -0.2) is 64.7 Å². The number of ketones is 1. The van der Waals surface area contributed by atoms with Crippen LogP contribution in [0.4, 0.5) is 5.69 Å². The fraction of sp³-hybridized carbons (Fsp3) is 0.462. The SMILES string of the molecule is CN(CC(=O)[C@H](O)[C@H](O)[C@H](O)CO)c1ccccc1. The highest BCUT2D eigenvalue weighted by atomic mass is 16.4. The minimum atomic E-state index is -1.73. The van der Waals surface area contributed by atoms with Crippen LogP contribution in [0.2, 0.25) is 0 Å². The third-order valence-corrected chi connectivity index (χ3v) is 2.82. The summed E-state index contributed by atoms with van der Waals surface area (Å²) >= 11 is 0. The van der Waals surface area contributed by atoms with Gasteiger partial charge in [-0.15, -0.1) is 0 Å². The molecule has 0 aromatic heterocycles. The Morgan fingerprint density at radius 1 is 1.21 bits per heavy atom. The van der Waals surface area contributed by atoms with Gasteiger partial charge in [-0.25, -0.2) is 0 Å². The molecular formula is C13H19NO5. The molecule has 0 aliphatic rings. The minimum Gasteiger partial charge on any atom is -0.394 e. The third-order valence-electron chi connectivity index (χ3n) is 2.82. The summed E-state index contributed by atoms with van der Waals surface area (Å²) in [5.41, 5.74) is 0.792. The van der Waals surface area contributed by atoms with Crippen LogP contribution in [0.3, 0.4) is 0 Å². The van der Waals surface area contributed by atoms with Gasteiger partial charge < -0.3 is 25.3 Å². The van der Waals surface area contributed by atoms with E-state index in [-0.39, 0.29) is 6.54 Å². The zero-order valence-corrected chi connectivity index (χ0v) is 10.7. The van der Waals surface area contributed by atoms with E-state index in [0.29, 0.717) is 0 Å². The van der Waals surface area contributed by atoms with Gasteiger partial charge in [0.25, 0.3) is 0 Å². The van der Waals surface area contributed by atoms with Gasteiger partial charge in [-0.05, 0) is 12.1 Å². The van der Waals surface area contributed by atoms with Crippen LogP contribution in [0.25, 0.3) is 0 Å². The van der Waals surface area contributed by atoms with E-state index in [1.165, 1.54) is 0 Å². The molecule has 3 atom stereocenters.